The number of methoxy groups -OCH3 is 1. The smallest absolute Gasteiger partial charge is 0.268 e. The number of Topliss-reactive ketones (excluding diaryl/α,β-unsaturated/α-hetero) is 1. The number of ketones is 1. The zero-order valence-corrected chi connectivity index (χ0v) is 17.6. The van der Waals surface area contributed by atoms with E-state index in [9.17, 15) is 9.59 Å². The largest absolute Gasteiger partial charge is 0.493 e. The lowest BCUT2D eigenvalue weighted by molar-refractivity contribution is 0.0945. The molecule has 0 fully saturated rings. The number of nitrogens with one attached hydrogen (secondary N) is 2. The summed E-state index contributed by atoms with van der Waals surface area (Å²) in [5, 5.41) is 2.89. The van der Waals surface area contributed by atoms with E-state index in [1.807, 2.05) is 18.2 Å². The number of aromatic amines is 1. The lowest BCUT2D eigenvalue weighted by Gasteiger charge is -2.13. The van der Waals surface area contributed by atoms with Gasteiger partial charge in [-0.2, -0.15) is 0 Å². The molecule has 1 aromatic heterocycles. The number of benzene rings is 1. The summed E-state index contributed by atoms with van der Waals surface area (Å²) in [7, 11) is 1.60. The Morgan fingerprint density at radius 3 is 2.46 bits per heavy atom. The van der Waals surface area contributed by atoms with Gasteiger partial charge in [-0.05, 0) is 56.4 Å². The van der Waals surface area contributed by atoms with Crippen molar-refractivity contribution in [1.29, 1.82) is 0 Å². The van der Waals surface area contributed by atoms with Crippen molar-refractivity contribution in [2.75, 3.05) is 13.7 Å². The van der Waals surface area contributed by atoms with Crippen LogP contribution in [0.15, 0.2) is 18.2 Å². The minimum absolute atomic E-state index is 0.0527. The van der Waals surface area contributed by atoms with Gasteiger partial charge in [-0.3, -0.25) is 9.59 Å². The second kappa shape index (κ2) is 9.44. The molecule has 0 bridgehead atoms. The Bertz CT molecular complexity index is 852. The molecule has 152 valence electrons. The van der Waals surface area contributed by atoms with Gasteiger partial charge in [0.15, 0.2) is 17.3 Å². The standard InChI is InChI=1S/C22H30N2O4/c1-13(2)9-10-28-18-8-7-17(11-19(18)27-6)12-23-22(26)21-14(3)20(16(5)25)15(4)24-21/h7-8,11,13,24H,9-10,12H2,1-6H3,(H,23,26). The Hall–Kier alpha value is -2.76. The van der Waals surface area contributed by atoms with Crippen molar-refractivity contribution in [3.05, 3.63) is 46.3 Å². The quantitative estimate of drug-likeness (QED) is 0.633. The van der Waals surface area contributed by atoms with Gasteiger partial charge in [0, 0.05) is 17.8 Å². The first-order valence-corrected chi connectivity index (χ1v) is 9.52. The molecule has 0 aliphatic carbocycles. The van der Waals surface area contributed by atoms with E-state index in [1.54, 1.807) is 21.0 Å². The number of H-pyrrole nitrogens is 1. The first-order valence-electron chi connectivity index (χ1n) is 9.52. The molecule has 28 heavy (non-hydrogen) atoms. The molecule has 2 rings (SSSR count). The molecule has 0 unspecified atom stereocenters. The number of aryl methyl sites for hydroxylation is 1. The van der Waals surface area contributed by atoms with E-state index in [-0.39, 0.29) is 11.7 Å². The highest BCUT2D eigenvalue weighted by atomic mass is 16.5. The van der Waals surface area contributed by atoms with Gasteiger partial charge >= 0.3 is 0 Å². The fourth-order valence-electron chi connectivity index (χ4n) is 3.12. The van der Waals surface area contributed by atoms with Crippen LogP contribution in [-0.2, 0) is 6.54 Å². The molecule has 0 saturated heterocycles. The molecule has 1 amide bonds. The maximum absolute atomic E-state index is 12.5. The third-order valence-electron chi connectivity index (χ3n) is 4.65. The molecule has 1 aromatic carbocycles. The van der Waals surface area contributed by atoms with Crippen molar-refractivity contribution >= 4 is 11.7 Å². The van der Waals surface area contributed by atoms with Crippen molar-refractivity contribution in [1.82, 2.24) is 10.3 Å². The number of carbonyl (C=O) groups excluding carboxylic acids is 2. The Morgan fingerprint density at radius 1 is 1.18 bits per heavy atom. The molecule has 0 aliphatic heterocycles. The molecular weight excluding hydrogens is 356 g/mol. The monoisotopic (exact) mass is 386 g/mol. The molecule has 6 nitrogen and oxygen atoms in total. The topological polar surface area (TPSA) is 80.4 Å². The Morgan fingerprint density at radius 2 is 1.89 bits per heavy atom. The van der Waals surface area contributed by atoms with Gasteiger partial charge in [-0.25, -0.2) is 0 Å². The highest BCUT2D eigenvalue weighted by molar-refractivity contribution is 6.02. The van der Waals surface area contributed by atoms with E-state index in [0.717, 1.165) is 12.0 Å². The summed E-state index contributed by atoms with van der Waals surface area (Å²) in [6, 6.07) is 5.62. The number of hydrogen-bond acceptors (Lipinski definition) is 4. The van der Waals surface area contributed by atoms with E-state index in [2.05, 4.69) is 24.1 Å². The van der Waals surface area contributed by atoms with Crippen LogP contribution in [0.5, 0.6) is 11.5 Å². The van der Waals surface area contributed by atoms with Crippen molar-refractivity contribution in [3.8, 4) is 11.5 Å². The summed E-state index contributed by atoms with van der Waals surface area (Å²) < 4.78 is 11.2. The third kappa shape index (κ3) is 5.15. The lowest BCUT2D eigenvalue weighted by Crippen LogP contribution is -2.24. The average molecular weight is 386 g/mol. The minimum atomic E-state index is -0.246. The van der Waals surface area contributed by atoms with Crippen LogP contribution in [-0.4, -0.2) is 30.4 Å². The average Bonchev–Trinajstić information content (AvgIpc) is 2.94. The Kier molecular flexibility index (Phi) is 7.26. The first kappa shape index (κ1) is 21.5. The van der Waals surface area contributed by atoms with Gasteiger partial charge in [0.1, 0.15) is 5.69 Å². The SMILES string of the molecule is COc1cc(CNC(=O)c2[nH]c(C)c(C(C)=O)c2C)ccc1OCCC(C)C. The lowest BCUT2D eigenvalue weighted by atomic mass is 10.1. The molecule has 6 heteroatoms. The fraction of sp³-hybridized carbons (Fsp3) is 0.455. The summed E-state index contributed by atoms with van der Waals surface area (Å²) in [5.74, 6) is 1.61. The highest BCUT2D eigenvalue weighted by Gasteiger charge is 2.19. The van der Waals surface area contributed by atoms with Crippen LogP contribution in [0.1, 0.15) is 64.9 Å². The van der Waals surface area contributed by atoms with E-state index in [4.69, 9.17) is 9.47 Å². The van der Waals surface area contributed by atoms with Crippen LogP contribution in [0, 0.1) is 19.8 Å². The maximum Gasteiger partial charge on any atom is 0.268 e. The molecule has 0 aliphatic rings. The molecule has 0 radical (unpaired) electrons. The summed E-state index contributed by atoms with van der Waals surface area (Å²) in [5.41, 5.74) is 3.28. The highest BCUT2D eigenvalue weighted by Crippen LogP contribution is 2.28. The fourth-order valence-corrected chi connectivity index (χ4v) is 3.12. The van der Waals surface area contributed by atoms with E-state index in [1.165, 1.54) is 6.92 Å². The second-order valence-corrected chi connectivity index (χ2v) is 7.38. The maximum atomic E-state index is 12.5. The van der Waals surface area contributed by atoms with Gasteiger partial charge in [0.05, 0.1) is 13.7 Å². The predicted molar refractivity (Wildman–Crippen MR) is 109 cm³/mol. The van der Waals surface area contributed by atoms with Gasteiger partial charge in [-0.15, -0.1) is 0 Å². The van der Waals surface area contributed by atoms with Crippen LogP contribution < -0.4 is 14.8 Å². The zero-order valence-electron chi connectivity index (χ0n) is 17.6. The van der Waals surface area contributed by atoms with Crippen LogP contribution >= 0.6 is 0 Å². The molecule has 0 atom stereocenters. The van der Waals surface area contributed by atoms with Crippen LogP contribution in [0.2, 0.25) is 0 Å². The number of amides is 1. The van der Waals surface area contributed by atoms with Crippen LogP contribution in [0.25, 0.3) is 0 Å². The van der Waals surface area contributed by atoms with Gasteiger partial charge in [-0.1, -0.05) is 19.9 Å². The number of aromatic nitrogens is 1. The van der Waals surface area contributed by atoms with Crippen LogP contribution in [0.3, 0.4) is 0 Å². The number of hydrogen-bond donors (Lipinski definition) is 2. The molecule has 0 spiro atoms. The summed E-state index contributed by atoms with van der Waals surface area (Å²) >= 11 is 0. The minimum Gasteiger partial charge on any atom is -0.493 e. The van der Waals surface area contributed by atoms with E-state index >= 15 is 0 Å². The normalized spacial score (nSPS) is 10.8. The van der Waals surface area contributed by atoms with Crippen molar-refractivity contribution in [2.45, 2.75) is 47.6 Å². The molecule has 2 N–H and O–H groups in total. The zero-order chi connectivity index (χ0) is 20.8. The molecular formula is C22H30N2O4. The van der Waals surface area contributed by atoms with E-state index in [0.29, 0.717) is 53.1 Å². The molecule has 1 heterocycles. The van der Waals surface area contributed by atoms with Gasteiger partial charge < -0.3 is 19.8 Å². The van der Waals surface area contributed by atoms with Gasteiger partial charge in [0.2, 0.25) is 0 Å². The third-order valence-corrected chi connectivity index (χ3v) is 4.65. The van der Waals surface area contributed by atoms with E-state index < -0.39 is 0 Å². The van der Waals surface area contributed by atoms with Crippen molar-refractivity contribution in [3.63, 3.8) is 0 Å². The summed E-state index contributed by atoms with van der Waals surface area (Å²) in [4.78, 5) is 27.3. The van der Waals surface area contributed by atoms with Gasteiger partial charge in [0.25, 0.3) is 5.91 Å². The predicted octanol–water partition coefficient (Wildman–Crippen LogP) is 4.20. The number of ether oxygens (including phenoxy) is 2. The summed E-state index contributed by atoms with van der Waals surface area (Å²) in [6.07, 6.45) is 0.970. The second-order valence-electron chi connectivity index (χ2n) is 7.38. The molecule has 2 aromatic rings. The van der Waals surface area contributed by atoms with Crippen molar-refractivity contribution in [2.24, 2.45) is 5.92 Å². The molecule has 0 saturated carbocycles. The Balaban J connectivity index is 2.05. The van der Waals surface area contributed by atoms with Crippen LogP contribution in [0.4, 0.5) is 0 Å². The van der Waals surface area contributed by atoms with Crippen molar-refractivity contribution < 1.29 is 19.1 Å². The first-order chi connectivity index (χ1) is 13.2. The number of carbonyl (C=O) groups is 2. The Labute approximate surface area is 166 Å². The summed E-state index contributed by atoms with van der Waals surface area (Å²) in [6.45, 7) is 10.4. The number of rotatable bonds is 9.